The Balaban J connectivity index is 0.810. The van der Waals surface area contributed by atoms with Crippen molar-refractivity contribution < 1.29 is 0 Å². The van der Waals surface area contributed by atoms with E-state index in [0.717, 1.165) is 67.9 Å². The maximum Gasteiger partial charge on any atom is 0.0638 e. The maximum atomic E-state index is 4.80. The Kier molecular flexibility index (Phi) is 11.5. The lowest BCUT2D eigenvalue weighted by Gasteiger charge is -2.10. The number of aryl methyl sites for hydroxylation is 1. The van der Waals surface area contributed by atoms with Crippen molar-refractivity contribution in [2.75, 3.05) is 28.3 Å². The Bertz CT molecular complexity index is 2680. The molecule has 5 heteroatoms. The summed E-state index contributed by atoms with van der Waals surface area (Å²) in [4.78, 5) is 4.80. The van der Waals surface area contributed by atoms with E-state index < -0.39 is 0 Å². The van der Waals surface area contributed by atoms with Crippen LogP contribution < -0.4 is 31.7 Å². The van der Waals surface area contributed by atoms with Crippen LogP contribution in [0.4, 0.5) is 45.5 Å². The van der Waals surface area contributed by atoms with E-state index >= 15 is 0 Å². The van der Waals surface area contributed by atoms with Crippen molar-refractivity contribution in [3.63, 3.8) is 0 Å². The predicted molar refractivity (Wildman–Crippen MR) is 249 cm³/mol. The van der Waals surface area contributed by atoms with Gasteiger partial charge < -0.3 is 21.3 Å². The average molecular weight is 752 g/mol. The summed E-state index contributed by atoms with van der Waals surface area (Å²) in [6.07, 6.45) is 14.9. The molecular weight excluding hydrogens is 707 g/mol. The van der Waals surface area contributed by atoms with Crippen molar-refractivity contribution in [1.29, 1.82) is 0 Å². The molecule has 0 bridgehead atoms. The van der Waals surface area contributed by atoms with Crippen molar-refractivity contribution in [1.82, 2.24) is 0 Å². The van der Waals surface area contributed by atoms with Crippen molar-refractivity contribution in [2.45, 2.75) is 6.92 Å². The molecule has 58 heavy (non-hydrogen) atoms. The van der Waals surface area contributed by atoms with Gasteiger partial charge in [0.1, 0.15) is 0 Å². The molecular formula is C53H45N5. The zero-order valence-corrected chi connectivity index (χ0v) is 32.7. The van der Waals surface area contributed by atoms with Gasteiger partial charge >= 0.3 is 0 Å². The highest BCUT2D eigenvalue weighted by Gasteiger charge is 2.03. The van der Waals surface area contributed by atoms with Crippen LogP contribution in [0.5, 0.6) is 0 Å². The van der Waals surface area contributed by atoms with Crippen LogP contribution in [0.25, 0.3) is 18.2 Å². The number of aliphatic imine (C=N–C) groups is 1. The van der Waals surface area contributed by atoms with Gasteiger partial charge in [-0.3, -0.25) is 0 Å². The lowest BCUT2D eigenvalue weighted by atomic mass is 10.0. The third-order valence-corrected chi connectivity index (χ3v) is 9.78. The Labute approximate surface area is 340 Å². The van der Waals surface area contributed by atoms with Gasteiger partial charge in [0.25, 0.3) is 0 Å². The quantitative estimate of drug-likeness (QED) is 0.106. The Morgan fingerprint density at radius 1 is 0.362 bits per heavy atom. The molecule has 0 spiro atoms. The molecule has 0 heterocycles. The first-order chi connectivity index (χ1) is 28.5. The third-order valence-electron chi connectivity index (χ3n) is 9.78. The van der Waals surface area contributed by atoms with Crippen LogP contribution in [0.1, 0.15) is 22.3 Å². The van der Waals surface area contributed by atoms with Crippen LogP contribution >= 0.6 is 0 Å². The normalized spacial score (nSPS) is 11.8. The first kappa shape index (κ1) is 37.3. The summed E-state index contributed by atoms with van der Waals surface area (Å²) in [7, 11) is 1.93. The second kappa shape index (κ2) is 17.9. The van der Waals surface area contributed by atoms with Gasteiger partial charge in [-0.05, 0) is 167 Å². The van der Waals surface area contributed by atoms with Gasteiger partial charge in [-0.1, -0.05) is 90.5 Å². The molecule has 8 rings (SSSR count). The van der Waals surface area contributed by atoms with Crippen LogP contribution in [-0.4, -0.2) is 12.8 Å². The number of hydrogen-bond donors (Lipinski definition) is 4. The number of benzene rings is 7. The van der Waals surface area contributed by atoms with Crippen LogP contribution in [0.2, 0.25) is 0 Å². The number of allylic oxidation sites excluding steroid dienone is 5. The lowest BCUT2D eigenvalue weighted by Crippen LogP contribution is -2.07. The topological polar surface area (TPSA) is 60.5 Å². The van der Waals surface area contributed by atoms with Crippen LogP contribution in [0, 0.1) is 6.92 Å². The van der Waals surface area contributed by atoms with Gasteiger partial charge in [0, 0.05) is 46.9 Å². The standard InChI is InChI=1S/C53H45N5/c1-38-3-17-46(18-4-38)55-50-27-29-51(30-28-50)57-48-23-13-43(14-24-48)37-44-15-25-49(26-16-44)58-53-33-31-52(32-34-53)56-47-21-11-42(12-22-47)36-40-7-5-39(6-8-40)35-41-9-19-45(54-2)20-10-41/h3-37,54-56,58H,1-2H3. The van der Waals surface area contributed by atoms with E-state index in [4.69, 9.17) is 4.99 Å². The van der Waals surface area contributed by atoms with Gasteiger partial charge in [0.05, 0.1) is 11.4 Å². The molecule has 0 aliphatic heterocycles. The van der Waals surface area contributed by atoms with E-state index in [9.17, 15) is 0 Å². The van der Waals surface area contributed by atoms with Gasteiger partial charge in [-0.25, -0.2) is 4.99 Å². The second-order valence-corrected chi connectivity index (χ2v) is 14.3. The van der Waals surface area contributed by atoms with Crippen LogP contribution in [0.3, 0.4) is 0 Å². The molecule has 0 aromatic heterocycles. The highest BCUT2D eigenvalue weighted by atomic mass is 14.9. The van der Waals surface area contributed by atoms with Crippen molar-refractivity contribution >= 4 is 69.4 Å². The first-order valence-corrected chi connectivity index (χ1v) is 19.5. The number of nitrogens with zero attached hydrogens (tertiary/aromatic N) is 1. The van der Waals surface area contributed by atoms with E-state index in [-0.39, 0.29) is 0 Å². The van der Waals surface area contributed by atoms with E-state index in [1.54, 1.807) is 0 Å². The minimum atomic E-state index is 0.917. The van der Waals surface area contributed by atoms with Crippen molar-refractivity contribution in [2.24, 2.45) is 4.99 Å². The summed E-state index contributed by atoms with van der Waals surface area (Å²) >= 11 is 0. The molecule has 1 aliphatic rings. The molecule has 4 N–H and O–H groups in total. The third kappa shape index (κ3) is 10.4. The summed E-state index contributed by atoms with van der Waals surface area (Å²) in [5.74, 6) is 0. The summed E-state index contributed by atoms with van der Waals surface area (Å²) < 4.78 is 0. The summed E-state index contributed by atoms with van der Waals surface area (Å²) in [6, 6.07) is 59.0. The number of rotatable bonds is 11. The first-order valence-electron chi connectivity index (χ1n) is 19.5. The molecule has 0 fully saturated rings. The molecule has 0 amide bonds. The maximum absolute atomic E-state index is 4.80. The van der Waals surface area contributed by atoms with E-state index in [0.29, 0.717) is 0 Å². The molecule has 0 radical (unpaired) electrons. The number of nitrogens with one attached hydrogen (secondary N) is 4. The smallest absolute Gasteiger partial charge is 0.0638 e. The Hall–Kier alpha value is -7.63. The molecule has 0 atom stereocenters. The average Bonchev–Trinajstić information content (AvgIpc) is 3.26. The molecule has 5 nitrogen and oxygen atoms in total. The van der Waals surface area contributed by atoms with Crippen LogP contribution in [-0.2, 0) is 0 Å². The molecule has 7 aromatic rings. The monoisotopic (exact) mass is 751 g/mol. The van der Waals surface area contributed by atoms with Gasteiger partial charge in [-0.2, -0.15) is 0 Å². The fraction of sp³-hybridized carbons (Fsp3) is 0.0377. The lowest BCUT2D eigenvalue weighted by molar-refractivity contribution is 1.45. The molecule has 0 unspecified atom stereocenters. The fourth-order valence-corrected chi connectivity index (χ4v) is 6.52. The zero-order chi connectivity index (χ0) is 39.5. The fourth-order valence-electron chi connectivity index (χ4n) is 6.52. The van der Waals surface area contributed by atoms with E-state index in [1.165, 1.54) is 21.6 Å². The Morgan fingerprint density at radius 3 is 1.12 bits per heavy atom. The molecule has 0 saturated carbocycles. The van der Waals surface area contributed by atoms with Gasteiger partial charge in [0.15, 0.2) is 0 Å². The SMILES string of the molecule is CNc1ccc(C=c2ccc(=Cc3ccc(Nc4ccc(Nc5ccc(C=C6C=CC(=Nc7ccc(Nc8ccc(C)cc8)cc7)C=C6)cc5)cc4)cc3)cc2)cc1. The molecule has 7 aromatic carbocycles. The minimum Gasteiger partial charge on any atom is -0.388 e. The molecule has 282 valence electrons. The van der Waals surface area contributed by atoms with Gasteiger partial charge in [-0.15, -0.1) is 0 Å². The van der Waals surface area contributed by atoms with Crippen LogP contribution in [0.15, 0.2) is 205 Å². The van der Waals surface area contributed by atoms with Crippen molar-refractivity contribution in [3.05, 3.63) is 232 Å². The highest BCUT2D eigenvalue weighted by Crippen LogP contribution is 2.25. The largest absolute Gasteiger partial charge is 0.388 e. The summed E-state index contributed by atoms with van der Waals surface area (Å²) in [6.45, 7) is 2.09. The Morgan fingerprint density at radius 2 is 0.707 bits per heavy atom. The van der Waals surface area contributed by atoms with E-state index in [2.05, 4.69) is 228 Å². The van der Waals surface area contributed by atoms with E-state index in [1.807, 2.05) is 19.2 Å². The second-order valence-electron chi connectivity index (χ2n) is 14.3. The highest BCUT2D eigenvalue weighted by molar-refractivity contribution is 6.07. The molecule has 0 saturated heterocycles. The zero-order valence-electron chi connectivity index (χ0n) is 32.7. The molecule has 1 aliphatic carbocycles. The predicted octanol–water partition coefficient (Wildman–Crippen LogP) is 12.2. The summed E-state index contributed by atoms with van der Waals surface area (Å²) in [5.41, 5.74) is 15.0. The summed E-state index contributed by atoms with van der Waals surface area (Å²) in [5, 5.41) is 16.0. The number of anilines is 7. The number of hydrogen-bond acceptors (Lipinski definition) is 5. The van der Waals surface area contributed by atoms with Gasteiger partial charge in [0.2, 0.25) is 0 Å². The minimum absolute atomic E-state index is 0.917. The van der Waals surface area contributed by atoms with Crippen molar-refractivity contribution in [3.8, 4) is 0 Å².